The number of halogens is 6. The van der Waals surface area contributed by atoms with E-state index in [4.69, 9.17) is 5.73 Å². The summed E-state index contributed by atoms with van der Waals surface area (Å²) < 4.78 is 84.9. The summed E-state index contributed by atoms with van der Waals surface area (Å²) in [5.41, 5.74) is 8.36. The SMILES string of the molecule is Cc1cs/c(=N/N=C\c2ccc(C(N)=NC=Nc3ccc(OC(F)(F)F)cc3)cc2)n1-c1ccccc1OC(F)(F)F. The topological polar surface area (TPSA) is 98.9 Å². The van der Waals surface area contributed by atoms with E-state index in [0.29, 0.717) is 27.3 Å². The normalized spacial score (nSPS) is 13.3. The quantitative estimate of drug-likeness (QED) is 0.105. The number of alkyl halides is 6. The minimum Gasteiger partial charge on any atom is -0.406 e. The minimum absolute atomic E-state index is 0.138. The van der Waals surface area contributed by atoms with Crippen LogP contribution in [0.3, 0.4) is 0 Å². The van der Waals surface area contributed by atoms with Crippen LogP contribution in [0.25, 0.3) is 5.69 Å². The molecule has 4 rings (SSSR count). The number of nitrogens with zero attached hydrogens (tertiary/aromatic N) is 5. The number of amidine groups is 1. The van der Waals surface area contributed by atoms with Gasteiger partial charge in [0.05, 0.1) is 17.6 Å². The molecule has 2 N–H and O–H groups in total. The Kier molecular flexibility index (Phi) is 9.10. The second kappa shape index (κ2) is 12.7. The molecule has 0 spiro atoms. The number of benzene rings is 3. The highest BCUT2D eigenvalue weighted by molar-refractivity contribution is 7.07. The summed E-state index contributed by atoms with van der Waals surface area (Å²) in [7, 11) is 0. The van der Waals surface area contributed by atoms with Gasteiger partial charge in [-0.2, -0.15) is 5.10 Å². The van der Waals surface area contributed by atoms with E-state index in [0.717, 1.165) is 12.1 Å². The van der Waals surface area contributed by atoms with Crippen molar-refractivity contribution in [3.05, 3.63) is 99.8 Å². The maximum Gasteiger partial charge on any atom is 0.573 e. The molecule has 3 aromatic carbocycles. The molecule has 0 amide bonds. The van der Waals surface area contributed by atoms with Crippen LogP contribution in [-0.2, 0) is 0 Å². The summed E-state index contributed by atoms with van der Waals surface area (Å²) in [5.74, 6) is -0.601. The predicted molar refractivity (Wildman–Crippen MR) is 147 cm³/mol. The van der Waals surface area contributed by atoms with Crippen LogP contribution in [0, 0.1) is 6.92 Å². The van der Waals surface area contributed by atoms with Crippen LogP contribution in [0.5, 0.6) is 11.5 Å². The van der Waals surface area contributed by atoms with Gasteiger partial charge < -0.3 is 15.2 Å². The molecule has 4 aromatic rings. The highest BCUT2D eigenvalue weighted by Crippen LogP contribution is 2.29. The van der Waals surface area contributed by atoms with E-state index in [2.05, 4.69) is 29.7 Å². The molecular formula is C27H20F6N6O2S. The summed E-state index contributed by atoms with van der Waals surface area (Å²) in [4.78, 5) is 8.38. The summed E-state index contributed by atoms with van der Waals surface area (Å²) in [6, 6.07) is 17.4. The van der Waals surface area contributed by atoms with Crippen LogP contribution in [0.15, 0.2) is 98.4 Å². The van der Waals surface area contributed by atoms with E-state index in [1.807, 2.05) is 0 Å². The summed E-state index contributed by atoms with van der Waals surface area (Å²) in [5, 5.41) is 9.97. The lowest BCUT2D eigenvalue weighted by molar-refractivity contribution is -0.275. The van der Waals surface area contributed by atoms with Crippen molar-refractivity contribution in [1.82, 2.24) is 4.57 Å². The molecule has 1 aromatic heterocycles. The van der Waals surface area contributed by atoms with Crippen molar-refractivity contribution in [1.29, 1.82) is 0 Å². The number of ether oxygens (including phenoxy) is 2. The van der Waals surface area contributed by atoms with E-state index in [1.54, 1.807) is 42.6 Å². The Morgan fingerprint density at radius 3 is 2.21 bits per heavy atom. The summed E-state index contributed by atoms with van der Waals surface area (Å²) in [6.45, 7) is 1.72. The van der Waals surface area contributed by atoms with Gasteiger partial charge in [0.1, 0.15) is 17.9 Å². The molecule has 1 heterocycles. The van der Waals surface area contributed by atoms with Gasteiger partial charge in [-0.3, -0.25) is 4.57 Å². The number of hydrogen-bond donors (Lipinski definition) is 1. The number of thiazole rings is 1. The number of aryl methyl sites for hydroxylation is 1. The fourth-order valence-electron chi connectivity index (χ4n) is 3.46. The van der Waals surface area contributed by atoms with Gasteiger partial charge in [0.15, 0.2) is 5.75 Å². The summed E-state index contributed by atoms with van der Waals surface area (Å²) >= 11 is 1.20. The highest BCUT2D eigenvalue weighted by Gasteiger charge is 2.32. The smallest absolute Gasteiger partial charge is 0.406 e. The van der Waals surface area contributed by atoms with Crippen molar-refractivity contribution in [2.24, 2.45) is 25.9 Å². The van der Waals surface area contributed by atoms with E-state index in [-0.39, 0.29) is 23.0 Å². The Bertz CT molecular complexity index is 1670. The van der Waals surface area contributed by atoms with Crippen LogP contribution in [0.4, 0.5) is 32.0 Å². The Hall–Kier alpha value is -4.92. The summed E-state index contributed by atoms with van der Waals surface area (Å²) in [6.07, 6.45) is -7.01. The number of para-hydroxylation sites is 2. The van der Waals surface area contributed by atoms with Crippen molar-refractivity contribution >= 4 is 35.4 Å². The third-order valence-corrected chi connectivity index (χ3v) is 6.18. The van der Waals surface area contributed by atoms with Crippen molar-refractivity contribution in [2.75, 3.05) is 0 Å². The van der Waals surface area contributed by atoms with Gasteiger partial charge in [-0.15, -0.1) is 42.8 Å². The van der Waals surface area contributed by atoms with Crippen LogP contribution < -0.4 is 20.0 Å². The molecule has 0 aliphatic heterocycles. The highest BCUT2D eigenvalue weighted by atomic mass is 32.1. The van der Waals surface area contributed by atoms with Crippen LogP contribution >= 0.6 is 11.3 Å². The molecule has 0 saturated heterocycles. The zero-order valence-corrected chi connectivity index (χ0v) is 22.3. The maximum atomic E-state index is 12.9. The van der Waals surface area contributed by atoms with E-state index in [1.165, 1.54) is 58.8 Å². The van der Waals surface area contributed by atoms with Crippen LogP contribution in [0.2, 0.25) is 0 Å². The fourth-order valence-corrected chi connectivity index (χ4v) is 4.28. The van der Waals surface area contributed by atoms with Gasteiger partial charge in [0.25, 0.3) is 0 Å². The van der Waals surface area contributed by atoms with Crippen molar-refractivity contribution in [3.8, 4) is 17.2 Å². The molecular weight excluding hydrogens is 586 g/mol. The number of aliphatic imine (C=N–C) groups is 2. The van der Waals surface area contributed by atoms with Gasteiger partial charge in [-0.25, -0.2) is 9.98 Å². The standard InChI is InChI=1S/C27H20F6N6O2S/c1-17-15-42-25(39(17)22-4-2-3-5-23(22)41-27(31,32)33)38-37-14-18-6-8-19(9-7-18)24(34)36-16-35-20-10-12-21(13-11-20)40-26(28,29)30/h2-16H,1H3,(H2,34,35,36)/b37-14-,38-25+. The van der Waals surface area contributed by atoms with Gasteiger partial charge >= 0.3 is 12.7 Å². The molecule has 0 fully saturated rings. The third kappa shape index (κ3) is 8.54. The third-order valence-electron chi connectivity index (χ3n) is 5.24. The Morgan fingerprint density at radius 2 is 1.55 bits per heavy atom. The molecule has 0 atom stereocenters. The number of aromatic nitrogens is 1. The van der Waals surface area contributed by atoms with Gasteiger partial charge in [-0.05, 0) is 48.9 Å². The lowest BCUT2D eigenvalue weighted by Crippen LogP contribution is -2.20. The molecule has 218 valence electrons. The van der Waals surface area contributed by atoms with E-state index < -0.39 is 12.7 Å². The zero-order chi connectivity index (χ0) is 30.3. The number of nitrogens with two attached hydrogens (primary N) is 1. The lowest BCUT2D eigenvalue weighted by atomic mass is 10.1. The Balaban J connectivity index is 1.44. The molecule has 15 heteroatoms. The molecule has 0 bridgehead atoms. The number of rotatable bonds is 8. The first-order valence-electron chi connectivity index (χ1n) is 11.8. The molecule has 0 saturated carbocycles. The molecule has 0 radical (unpaired) electrons. The van der Waals surface area contributed by atoms with Crippen LogP contribution in [0.1, 0.15) is 16.8 Å². The second-order valence-electron chi connectivity index (χ2n) is 8.28. The van der Waals surface area contributed by atoms with Gasteiger partial charge in [0, 0.05) is 16.6 Å². The zero-order valence-electron chi connectivity index (χ0n) is 21.5. The van der Waals surface area contributed by atoms with E-state index >= 15 is 0 Å². The Labute approximate surface area is 238 Å². The van der Waals surface area contributed by atoms with Crippen molar-refractivity contribution in [2.45, 2.75) is 19.6 Å². The van der Waals surface area contributed by atoms with Crippen molar-refractivity contribution in [3.63, 3.8) is 0 Å². The first-order valence-corrected chi connectivity index (χ1v) is 12.7. The first kappa shape index (κ1) is 30.0. The second-order valence-corrected chi connectivity index (χ2v) is 9.11. The molecule has 8 nitrogen and oxygen atoms in total. The lowest BCUT2D eigenvalue weighted by Gasteiger charge is -2.14. The fraction of sp³-hybridized carbons (Fsp3) is 0.111. The van der Waals surface area contributed by atoms with E-state index in [9.17, 15) is 26.3 Å². The molecule has 42 heavy (non-hydrogen) atoms. The Morgan fingerprint density at radius 1 is 0.881 bits per heavy atom. The molecule has 0 aliphatic carbocycles. The number of hydrogen-bond acceptors (Lipinski definition) is 6. The molecule has 0 aliphatic rings. The first-order chi connectivity index (χ1) is 19.9. The largest absolute Gasteiger partial charge is 0.573 e. The molecule has 0 unspecified atom stereocenters. The van der Waals surface area contributed by atoms with Gasteiger partial charge in [-0.1, -0.05) is 36.4 Å². The van der Waals surface area contributed by atoms with Crippen molar-refractivity contribution < 1.29 is 35.8 Å². The van der Waals surface area contributed by atoms with Gasteiger partial charge in [0.2, 0.25) is 4.80 Å². The van der Waals surface area contributed by atoms with Crippen LogP contribution in [-0.4, -0.2) is 35.7 Å². The predicted octanol–water partition coefficient (Wildman–Crippen LogP) is 6.64. The average molecular weight is 607 g/mol. The average Bonchev–Trinajstić information content (AvgIpc) is 3.28. The maximum absolute atomic E-state index is 12.9. The minimum atomic E-state index is -4.85. The monoisotopic (exact) mass is 606 g/mol.